The fraction of sp³-hybridized carbons (Fsp3) is 0.286. The Hall–Kier alpha value is -2.88. The number of nitrogens with one attached hydrogen (secondary N) is 1. The first kappa shape index (κ1) is 16.2. The molecule has 0 saturated carbocycles. The summed E-state index contributed by atoms with van der Waals surface area (Å²) in [6.45, 7) is 0. The second kappa shape index (κ2) is 7.65. The summed E-state index contributed by atoms with van der Waals surface area (Å²) >= 11 is 0. The van der Waals surface area contributed by atoms with Gasteiger partial charge in [0.25, 0.3) is 5.91 Å². The number of hydrogen-bond acceptors (Lipinski definition) is 5. The molecule has 1 rings (SSSR count). The fourth-order valence-corrected chi connectivity index (χ4v) is 1.59. The largest absolute Gasteiger partial charge is 0.469 e. The Morgan fingerprint density at radius 3 is 2.43 bits per heavy atom. The van der Waals surface area contributed by atoms with Gasteiger partial charge in [-0.1, -0.05) is 0 Å². The molecule has 0 heterocycles. The van der Waals surface area contributed by atoms with Crippen LogP contribution in [0.25, 0.3) is 0 Å². The van der Waals surface area contributed by atoms with Gasteiger partial charge in [-0.2, -0.15) is 5.26 Å². The molecular weight excluding hydrogens is 274 g/mol. The van der Waals surface area contributed by atoms with E-state index in [4.69, 9.17) is 11.0 Å². The molecule has 0 radical (unpaired) electrons. The number of nitrogens with two attached hydrogens (primary N) is 1. The van der Waals surface area contributed by atoms with Crippen LogP contribution in [0.15, 0.2) is 24.3 Å². The van der Waals surface area contributed by atoms with Crippen molar-refractivity contribution in [2.75, 3.05) is 7.11 Å². The van der Waals surface area contributed by atoms with Crippen LogP contribution in [0.5, 0.6) is 0 Å². The van der Waals surface area contributed by atoms with Gasteiger partial charge in [-0.05, 0) is 30.7 Å². The highest BCUT2D eigenvalue weighted by atomic mass is 16.5. The number of carbonyl (C=O) groups excluding carboxylic acids is 3. The number of methoxy groups -OCH3 is 1. The Morgan fingerprint density at radius 2 is 1.95 bits per heavy atom. The molecule has 3 N–H and O–H groups in total. The van der Waals surface area contributed by atoms with E-state index in [0.717, 1.165) is 0 Å². The molecule has 0 aliphatic carbocycles. The zero-order valence-electron chi connectivity index (χ0n) is 11.5. The highest BCUT2D eigenvalue weighted by Gasteiger charge is 2.20. The lowest BCUT2D eigenvalue weighted by atomic mass is 10.1. The second-order valence-electron chi connectivity index (χ2n) is 4.23. The molecule has 0 aliphatic rings. The minimum atomic E-state index is -0.966. The van der Waals surface area contributed by atoms with Crippen LogP contribution in [-0.2, 0) is 14.3 Å². The van der Waals surface area contributed by atoms with E-state index in [2.05, 4.69) is 10.1 Å². The minimum Gasteiger partial charge on any atom is -0.469 e. The van der Waals surface area contributed by atoms with E-state index in [9.17, 15) is 14.4 Å². The standard InChI is InChI=1S/C14H15N3O4/c1-21-12(18)7-6-11(13(16)19)17-14(20)10-4-2-9(8-15)3-5-10/h2-5,11H,6-7H2,1H3,(H2,16,19)(H,17,20)/t11-/m1/s1. The summed E-state index contributed by atoms with van der Waals surface area (Å²) in [5.74, 6) is -1.73. The molecule has 0 unspecified atom stereocenters. The van der Waals surface area contributed by atoms with Crippen molar-refractivity contribution in [2.45, 2.75) is 18.9 Å². The third-order valence-corrected chi connectivity index (χ3v) is 2.79. The van der Waals surface area contributed by atoms with Crippen molar-refractivity contribution < 1.29 is 19.1 Å². The second-order valence-corrected chi connectivity index (χ2v) is 4.23. The maximum atomic E-state index is 12.0. The number of amides is 2. The molecule has 110 valence electrons. The van der Waals surface area contributed by atoms with Crippen LogP contribution in [0.1, 0.15) is 28.8 Å². The van der Waals surface area contributed by atoms with Crippen LogP contribution < -0.4 is 11.1 Å². The summed E-state index contributed by atoms with van der Waals surface area (Å²) < 4.78 is 4.46. The van der Waals surface area contributed by atoms with Crippen molar-refractivity contribution in [3.8, 4) is 6.07 Å². The van der Waals surface area contributed by atoms with Crippen LogP contribution in [-0.4, -0.2) is 30.9 Å². The lowest BCUT2D eigenvalue weighted by Gasteiger charge is -2.14. The zero-order valence-corrected chi connectivity index (χ0v) is 11.5. The minimum absolute atomic E-state index is 0.0300. The van der Waals surface area contributed by atoms with Gasteiger partial charge in [0, 0.05) is 12.0 Å². The van der Waals surface area contributed by atoms with Gasteiger partial charge in [0.1, 0.15) is 6.04 Å². The molecule has 0 spiro atoms. The Labute approximate surface area is 121 Å². The molecule has 0 aliphatic heterocycles. The van der Waals surface area contributed by atoms with Gasteiger partial charge >= 0.3 is 5.97 Å². The number of primary amides is 1. The van der Waals surface area contributed by atoms with Crippen molar-refractivity contribution in [1.82, 2.24) is 5.32 Å². The van der Waals surface area contributed by atoms with Crippen LogP contribution in [0.2, 0.25) is 0 Å². The van der Waals surface area contributed by atoms with E-state index in [1.165, 1.54) is 31.4 Å². The first-order chi connectivity index (χ1) is 9.97. The fourth-order valence-electron chi connectivity index (χ4n) is 1.59. The Bertz CT molecular complexity index is 575. The van der Waals surface area contributed by atoms with Gasteiger partial charge in [-0.25, -0.2) is 0 Å². The van der Waals surface area contributed by atoms with Crippen molar-refractivity contribution in [3.05, 3.63) is 35.4 Å². The van der Waals surface area contributed by atoms with Crippen molar-refractivity contribution in [2.24, 2.45) is 5.73 Å². The highest BCUT2D eigenvalue weighted by molar-refractivity contribution is 5.97. The molecule has 0 saturated heterocycles. The first-order valence-electron chi connectivity index (χ1n) is 6.15. The van der Waals surface area contributed by atoms with Gasteiger partial charge in [0.15, 0.2) is 0 Å². The Morgan fingerprint density at radius 1 is 1.33 bits per heavy atom. The monoisotopic (exact) mass is 289 g/mol. The molecule has 0 bridgehead atoms. The summed E-state index contributed by atoms with van der Waals surface area (Å²) in [6, 6.07) is 6.88. The number of nitrogens with zero attached hydrogens (tertiary/aromatic N) is 1. The lowest BCUT2D eigenvalue weighted by Crippen LogP contribution is -2.44. The van der Waals surface area contributed by atoms with E-state index < -0.39 is 23.8 Å². The number of rotatable bonds is 6. The summed E-state index contributed by atoms with van der Waals surface area (Å²) in [5, 5.41) is 11.1. The van der Waals surface area contributed by atoms with Gasteiger partial charge in [-0.3, -0.25) is 14.4 Å². The number of nitriles is 1. The van der Waals surface area contributed by atoms with E-state index >= 15 is 0 Å². The van der Waals surface area contributed by atoms with E-state index in [1.54, 1.807) is 0 Å². The molecule has 0 fully saturated rings. The normalized spacial score (nSPS) is 11.0. The average molecular weight is 289 g/mol. The maximum absolute atomic E-state index is 12.0. The molecule has 0 aromatic heterocycles. The summed E-state index contributed by atoms with van der Waals surface area (Å²) in [7, 11) is 1.23. The van der Waals surface area contributed by atoms with Crippen molar-refractivity contribution in [1.29, 1.82) is 5.26 Å². The number of carbonyl (C=O) groups is 3. The molecule has 21 heavy (non-hydrogen) atoms. The van der Waals surface area contributed by atoms with E-state index in [1.807, 2.05) is 6.07 Å². The average Bonchev–Trinajstić information content (AvgIpc) is 2.50. The van der Waals surface area contributed by atoms with Gasteiger partial charge in [0.2, 0.25) is 5.91 Å². The van der Waals surface area contributed by atoms with Gasteiger partial charge in [0.05, 0.1) is 18.7 Å². The lowest BCUT2D eigenvalue weighted by molar-refractivity contribution is -0.140. The van der Waals surface area contributed by atoms with Crippen LogP contribution >= 0.6 is 0 Å². The Balaban J connectivity index is 2.69. The molecule has 2 amide bonds. The smallest absolute Gasteiger partial charge is 0.305 e. The quantitative estimate of drug-likeness (QED) is 0.719. The SMILES string of the molecule is COC(=O)CC[C@@H](NC(=O)c1ccc(C#N)cc1)C(N)=O. The van der Waals surface area contributed by atoms with E-state index in [-0.39, 0.29) is 12.8 Å². The summed E-state index contributed by atoms with van der Waals surface area (Å²) in [5.41, 5.74) is 5.90. The van der Waals surface area contributed by atoms with Gasteiger partial charge in [-0.15, -0.1) is 0 Å². The predicted molar refractivity (Wildman–Crippen MR) is 72.9 cm³/mol. The molecule has 1 atom stereocenters. The number of hydrogen-bond donors (Lipinski definition) is 2. The van der Waals surface area contributed by atoms with Crippen molar-refractivity contribution >= 4 is 17.8 Å². The number of benzene rings is 1. The third kappa shape index (κ3) is 4.95. The molecule has 1 aromatic rings. The molecule has 7 heteroatoms. The Kier molecular flexibility index (Phi) is 5.89. The molecular formula is C14H15N3O4. The number of esters is 1. The van der Waals surface area contributed by atoms with Crippen LogP contribution in [0.4, 0.5) is 0 Å². The molecule has 7 nitrogen and oxygen atoms in total. The summed E-state index contributed by atoms with van der Waals surface area (Å²) in [6.07, 6.45) is 0.0295. The van der Waals surface area contributed by atoms with Gasteiger partial charge < -0.3 is 15.8 Å². The van der Waals surface area contributed by atoms with Crippen LogP contribution in [0, 0.1) is 11.3 Å². The third-order valence-electron chi connectivity index (χ3n) is 2.79. The maximum Gasteiger partial charge on any atom is 0.305 e. The van der Waals surface area contributed by atoms with Crippen LogP contribution in [0.3, 0.4) is 0 Å². The zero-order chi connectivity index (χ0) is 15.8. The van der Waals surface area contributed by atoms with Crippen molar-refractivity contribution in [3.63, 3.8) is 0 Å². The number of ether oxygens (including phenoxy) is 1. The predicted octanol–water partition coefficient (Wildman–Crippen LogP) is 0.0952. The molecule has 1 aromatic carbocycles. The first-order valence-corrected chi connectivity index (χ1v) is 6.15. The van der Waals surface area contributed by atoms with E-state index in [0.29, 0.717) is 11.1 Å². The summed E-state index contributed by atoms with van der Waals surface area (Å²) in [4.78, 5) is 34.3. The topological polar surface area (TPSA) is 122 Å². The highest BCUT2D eigenvalue weighted by Crippen LogP contribution is 2.05.